The lowest BCUT2D eigenvalue weighted by atomic mass is 10.0. The summed E-state index contributed by atoms with van der Waals surface area (Å²) in [4.78, 5) is 25.4. The summed E-state index contributed by atoms with van der Waals surface area (Å²) >= 11 is 0. The van der Waals surface area contributed by atoms with E-state index in [1.165, 1.54) is 6.07 Å². The number of nitrogens with zero attached hydrogens (tertiary/aromatic N) is 4. The second-order valence-corrected chi connectivity index (χ2v) is 7.47. The first-order valence-corrected chi connectivity index (χ1v) is 9.70. The van der Waals surface area contributed by atoms with E-state index < -0.39 is 0 Å². The van der Waals surface area contributed by atoms with Gasteiger partial charge in [0.05, 0.1) is 23.3 Å². The number of aryl methyl sites for hydroxylation is 1. The number of nitro groups is 1. The summed E-state index contributed by atoms with van der Waals surface area (Å²) in [5.74, 6) is -0.0214. The number of carbonyl (C=O) groups excluding carboxylic acids is 1. The maximum atomic E-state index is 12.5. The summed E-state index contributed by atoms with van der Waals surface area (Å²) in [6.45, 7) is 4.17. The molecule has 0 spiro atoms. The maximum Gasteiger partial charge on any atom is 0.271 e. The van der Waals surface area contributed by atoms with E-state index in [4.69, 9.17) is 0 Å². The first kappa shape index (κ1) is 19.1. The Labute approximate surface area is 168 Å². The van der Waals surface area contributed by atoms with Crippen LogP contribution < -0.4 is 5.32 Å². The molecule has 1 aliphatic rings. The number of hydrogen-bond acceptors (Lipinski definition) is 5. The Morgan fingerprint density at radius 1 is 1.24 bits per heavy atom. The molecule has 1 saturated heterocycles. The highest BCUT2D eigenvalue weighted by Crippen LogP contribution is 2.21. The normalized spacial score (nSPS) is 15.5. The molecule has 0 atom stereocenters. The van der Waals surface area contributed by atoms with E-state index in [-0.39, 0.29) is 22.6 Å². The van der Waals surface area contributed by atoms with E-state index in [0.717, 1.165) is 48.0 Å². The minimum atomic E-state index is -0.389. The van der Waals surface area contributed by atoms with Crippen LogP contribution in [-0.4, -0.2) is 44.6 Å². The number of hydrogen-bond donors (Lipinski definition) is 1. The van der Waals surface area contributed by atoms with Gasteiger partial charge >= 0.3 is 0 Å². The molecule has 1 amide bonds. The quantitative estimate of drug-likeness (QED) is 0.531. The van der Waals surface area contributed by atoms with E-state index in [1.807, 2.05) is 31.2 Å². The Kier molecular flexibility index (Phi) is 5.26. The minimum Gasteiger partial charge on any atom is -0.349 e. The molecule has 2 heterocycles. The van der Waals surface area contributed by atoms with Crippen LogP contribution in [0.4, 0.5) is 5.69 Å². The molecule has 0 radical (unpaired) electrons. The van der Waals surface area contributed by atoms with Crippen LogP contribution >= 0.6 is 0 Å². The lowest BCUT2D eigenvalue weighted by Crippen LogP contribution is -2.45. The van der Waals surface area contributed by atoms with Gasteiger partial charge in [-0.05, 0) is 37.5 Å². The number of piperidine rings is 1. The first-order chi connectivity index (χ1) is 14.0. The molecule has 0 aliphatic carbocycles. The maximum absolute atomic E-state index is 12.5. The van der Waals surface area contributed by atoms with Gasteiger partial charge in [-0.3, -0.25) is 24.5 Å². The van der Waals surface area contributed by atoms with Crippen LogP contribution in [-0.2, 0) is 6.67 Å². The molecule has 1 aliphatic heterocycles. The number of carbonyl (C=O) groups is 1. The number of nitrogens with one attached hydrogen (secondary N) is 1. The van der Waals surface area contributed by atoms with E-state index in [1.54, 1.807) is 23.0 Å². The minimum absolute atomic E-state index is 0.0214. The average Bonchev–Trinajstić information content (AvgIpc) is 3.11. The Hall–Kier alpha value is -3.26. The van der Waals surface area contributed by atoms with Crippen LogP contribution in [0.2, 0.25) is 0 Å². The number of non-ortho nitro benzene ring substituents is 1. The average molecular weight is 393 g/mol. The molecular formula is C21H23N5O3. The number of benzene rings is 2. The zero-order valence-corrected chi connectivity index (χ0v) is 16.2. The molecule has 1 N–H and O–H groups in total. The highest BCUT2D eigenvalue weighted by Gasteiger charge is 2.22. The van der Waals surface area contributed by atoms with Crippen LogP contribution in [0.5, 0.6) is 0 Å². The van der Waals surface area contributed by atoms with Gasteiger partial charge in [0.15, 0.2) is 0 Å². The van der Waals surface area contributed by atoms with Crippen molar-refractivity contribution in [3.8, 4) is 0 Å². The van der Waals surface area contributed by atoms with Crippen molar-refractivity contribution in [3.63, 3.8) is 0 Å². The Bertz CT molecular complexity index is 1050. The molecule has 150 valence electrons. The number of rotatable bonds is 5. The molecular weight excluding hydrogens is 370 g/mol. The number of likely N-dealkylation sites (tertiary alicyclic amines) is 1. The summed E-state index contributed by atoms with van der Waals surface area (Å²) < 4.78 is 1.80. The van der Waals surface area contributed by atoms with Gasteiger partial charge in [-0.15, -0.1) is 0 Å². The second kappa shape index (κ2) is 8.00. The van der Waals surface area contributed by atoms with Gasteiger partial charge < -0.3 is 5.32 Å². The molecule has 8 heteroatoms. The monoisotopic (exact) mass is 393 g/mol. The third-order valence-electron chi connectivity index (χ3n) is 5.49. The molecule has 0 saturated carbocycles. The fourth-order valence-corrected chi connectivity index (χ4v) is 3.78. The third-order valence-corrected chi connectivity index (χ3v) is 5.49. The standard InChI is InChI=1S/C21H23N5O3/c1-15-4-2-3-5-19(15)21(27)23-17-8-10-24(11-9-17)14-25-20-12-18(26(28)29)7-6-16(20)13-22-25/h2-7,12-13,17H,8-11,14H2,1H3,(H,23,27). The molecule has 0 unspecified atom stereocenters. The van der Waals surface area contributed by atoms with Crippen LogP contribution in [0, 0.1) is 17.0 Å². The van der Waals surface area contributed by atoms with Gasteiger partial charge in [0.1, 0.15) is 0 Å². The van der Waals surface area contributed by atoms with Gasteiger partial charge in [0.25, 0.3) is 11.6 Å². The van der Waals surface area contributed by atoms with Gasteiger partial charge in [-0.2, -0.15) is 5.10 Å². The van der Waals surface area contributed by atoms with Gasteiger partial charge in [0.2, 0.25) is 0 Å². The predicted molar refractivity (Wildman–Crippen MR) is 110 cm³/mol. The van der Waals surface area contributed by atoms with Crippen molar-refractivity contribution in [1.29, 1.82) is 0 Å². The highest BCUT2D eigenvalue weighted by molar-refractivity contribution is 5.95. The molecule has 4 rings (SSSR count). The van der Waals surface area contributed by atoms with Crippen molar-refractivity contribution in [2.45, 2.75) is 32.5 Å². The summed E-state index contributed by atoms with van der Waals surface area (Å²) in [5, 5.41) is 19.5. The molecule has 1 aromatic heterocycles. The lowest BCUT2D eigenvalue weighted by molar-refractivity contribution is -0.384. The van der Waals surface area contributed by atoms with Crippen LogP contribution in [0.1, 0.15) is 28.8 Å². The number of fused-ring (bicyclic) bond motifs is 1. The molecule has 0 bridgehead atoms. The van der Waals surface area contributed by atoms with Crippen molar-refractivity contribution in [1.82, 2.24) is 20.0 Å². The fourth-order valence-electron chi connectivity index (χ4n) is 3.78. The summed E-state index contributed by atoms with van der Waals surface area (Å²) in [5.41, 5.74) is 2.52. The van der Waals surface area contributed by atoms with E-state index in [2.05, 4.69) is 15.3 Å². The smallest absolute Gasteiger partial charge is 0.271 e. The summed E-state index contributed by atoms with van der Waals surface area (Å²) in [7, 11) is 0. The fraction of sp³-hybridized carbons (Fsp3) is 0.333. The van der Waals surface area contributed by atoms with Crippen molar-refractivity contribution in [2.24, 2.45) is 0 Å². The SMILES string of the molecule is Cc1ccccc1C(=O)NC1CCN(Cn2ncc3ccc([N+](=O)[O-])cc32)CC1. The number of amides is 1. The van der Waals surface area contributed by atoms with E-state index >= 15 is 0 Å². The highest BCUT2D eigenvalue weighted by atomic mass is 16.6. The molecule has 2 aromatic carbocycles. The summed E-state index contributed by atoms with van der Waals surface area (Å²) in [6, 6.07) is 12.5. The van der Waals surface area contributed by atoms with Crippen LogP contribution in [0.25, 0.3) is 10.9 Å². The molecule has 3 aromatic rings. The first-order valence-electron chi connectivity index (χ1n) is 9.70. The zero-order chi connectivity index (χ0) is 20.4. The topological polar surface area (TPSA) is 93.3 Å². The van der Waals surface area contributed by atoms with Crippen molar-refractivity contribution in [3.05, 3.63) is 69.9 Å². The van der Waals surface area contributed by atoms with Gasteiger partial charge in [-0.25, -0.2) is 0 Å². The van der Waals surface area contributed by atoms with Crippen molar-refractivity contribution < 1.29 is 9.72 Å². The second-order valence-electron chi connectivity index (χ2n) is 7.47. The lowest BCUT2D eigenvalue weighted by Gasteiger charge is -2.32. The van der Waals surface area contributed by atoms with Gasteiger partial charge in [0, 0.05) is 42.2 Å². The van der Waals surface area contributed by atoms with E-state index in [0.29, 0.717) is 6.67 Å². The molecule has 8 nitrogen and oxygen atoms in total. The Balaban J connectivity index is 1.36. The largest absolute Gasteiger partial charge is 0.349 e. The Morgan fingerprint density at radius 3 is 2.72 bits per heavy atom. The van der Waals surface area contributed by atoms with Crippen molar-refractivity contribution in [2.75, 3.05) is 13.1 Å². The van der Waals surface area contributed by atoms with Gasteiger partial charge in [-0.1, -0.05) is 18.2 Å². The van der Waals surface area contributed by atoms with Crippen molar-refractivity contribution >= 4 is 22.5 Å². The predicted octanol–water partition coefficient (Wildman–Crippen LogP) is 3.10. The molecule has 1 fully saturated rings. The third kappa shape index (κ3) is 4.12. The Morgan fingerprint density at radius 2 is 2.00 bits per heavy atom. The van der Waals surface area contributed by atoms with Crippen LogP contribution in [0.3, 0.4) is 0 Å². The number of aromatic nitrogens is 2. The molecule has 29 heavy (non-hydrogen) atoms. The zero-order valence-electron chi connectivity index (χ0n) is 16.2. The number of nitro benzene ring substituents is 1. The van der Waals surface area contributed by atoms with E-state index in [9.17, 15) is 14.9 Å². The summed E-state index contributed by atoms with van der Waals surface area (Å²) in [6.07, 6.45) is 3.45. The van der Waals surface area contributed by atoms with Crippen LogP contribution in [0.15, 0.2) is 48.7 Å².